The summed E-state index contributed by atoms with van der Waals surface area (Å²) in [5.41, 5.74) is 4.15. The second kappa shape index (κ2) is 9.19. The lowest BCUT2D eigenvalue weighted by molar-refractivity contribution is -0.139. The van der Waals surface area contributed by atoms with Gasteiger partial charge in [0, 0.05) is 18.7 Å². The van der Waals surface area contributed by atoms with E-state index in [0.29, 0.717) is 22.9 Å². The van der Waals surface area contributed by atoms with Crippen molar-refractivity contribution in [1.29, 1.82) is 0 Å². The van der Waals surface area contributed by atoms with Crippen LogP contribution in [-0.4, -0.2) is 30.2 Å². The Kier molecular flexibility index (Phi) is 6.18. The predicted molar refractivity (Wildman–Crippen MR) is 136 cm³/mol. The summed E-state index contributed by atoms with van der Waals surface area (Å²) in [7, 11) is 0. The van der Waals surface area contributed by atoms with Crippen molar-refractivity contribution in [2.75, 3.05) is 16.3 Å². The van der Waals surface area contributed by atoms with Crippen LogP contribution < -0.4 is 14.5 Å². The van der Waals surface area contributed by atoms with Gasteiger partial charge in [-0.25, -0.2) is 4.90 Å². The maximum Gasteiger partial charge on any atom is 0.316 e. The first-order chi connectivity index (χ1) is 17.1. The van der Waals surface area contributed by atoms with Crippen molar-refractivity contribution in [3.8, 4) is 5.75 Å². The Morgan fingerprint density at radius 3 is 2.31 bits per heavy atom. The highest BCUT2D eigenvalue weighted by molar-refractivity contribution is 6.22. The number of hydrogen-bond donors (Lipinski definition) is 0. The number of fused-ring (bicyclic) bond motifs is 1. The fraction of sp³-hybridized carbons (Fsp3) is 0.448. The number of hydrogen-bond acceptors (Lipinski definition) is 5. The number of ether oxygens (including phenoxy) is 1. The zero-order valence-corrected chi connectivity index (χ0v) is 21.2. The SMILES string of the molecule is Cc1ccc(N2C[C@H](C(=O)Oc3ccc(N4C(=O)[C@@H]5CC[C@H](C)C[C@H]5C4=O)c(C)c3)CC2=O)c(C)c1. The minimum Gasteiger partial charge on any atom is -0.426 e. The molecule has 36 heavy (non-hydrogen) atoms. The van der Waals surface area contributed by atoms with Gasteiger partial charge in [-0.15, -0.1) is 0 Å². The number of anilines is 2. The average molecular weight is 489 g/mol. The van der Waals surface area contributed by atoms with Crippen LogP contribution in [0, 0.1) is 44.4 Å². The number of carbonyl (C=O) groups is 4. The van der Waals surface area contributed by atoms with Gasteiger partial charge in [-0.3, -0.25) is 19.2 Å². The Balaban J connectivity index is 1.28. The number of nitrogens with zero attached hydrogens (tertiary/aromatic N) is 2. The molecule has 188 valence electrons. The molecule has 3 amide bonds. The number of esters is 1. The van der Waals surface area contributed by atoms with Crippen LogP contribution in [0.5, 0.6) is 5.75 Å². The minimum absolute atomic E-state index is 0.0984. The van der Waals surface area contributed by atoms with Crippen LogP contribution >= 0.6 is 0 Å². The molecule has 1 saturated carbocycles. The van der Waals surface area contributed by atoms with Crippen LogP contribution in [0.15, 0.2) is 36.4 Å². The molecule has 7 nitrogen and oxygen atoms in total. The molecule has 2 aromatic carbocycles. The Labute approximate surface area is 211 Å². The van der Waals surface area contributed by atoms with Gasteiger partial charge < -0.3 is 9.64 Å². The van der Waals surface area contributed by atoms with Crippen molar-refractivity contribution < 1.29 is 23.9 Å². The zero-order chi connectivity index (χ0) is 25.7. The van der Waals surface area contributed by atoms with E-state index in [1.165, 1.54) is 4.90 Å². The molecule has 1 aliphatic carbocycles. The number of imide groups is 1. The third-order valence-electron chi connectivity index (χ3n) is 7.92. The lowest BCUT2D eigenvalue weighted by Crippen LogP contribution is -2.31. The molecule has 0 N–H and O–H groups in total. The molecule has 0 bridgehead atoms. The monoisotopic (exact) mass is 488 g/mol. The Bertz CT molecular complexity index is 1270. The maximum absolute atomic E-state index is 13.1. The quantitative estimate of drug-likeness (QED) is 0.360. The van der Waals surface area contributed by atoms with Gasteiger partial charge in [0.1, 0.15) is 5.75 Å². The predicted octanol–water partition coefficient (Wildman–Crippen LogP) is 4.50. The van der Waals surface area contributed by atoms with Crippen molar-refractivity contribution in [3.05, 3.63) is 53.1 Å². The number of rotatable bonds is 4. The van der Waals surface area contributed by atoms with Gasteiger partial charge >= 0.3 is 5.97 Å². The van der Waals surface area contributed by atoms with E-state index in [-0.39, 0.29) is 42.5 Å². The third kappa shape index (κ3) is 4.21. The van der Waals surface area contributed by atoms with Gasteiger partial charge in [0.05, 0.1) is 23.4 Å². The van der Waals surface area contributed by atoms with Crippen molar-refractivity contribution in [3.63, 3.8) is 0 Å². The number of benzene rings is 2. The van der Waals surface area contributed by atoms with E-state index in [1.807, 2.05) is 32.0 Å². The minimum atomic E-state index is -0.565. The van der Waals surface area contributed by atoms with E-state index >= 15 is 0 Å². The molecule has 0 spiro atoms. The molecule has 2 heterocycles. The fourth-order valence-corrected chi connectivity index (χ4v) is 5.98. The smallest absolute Gasteiger partial charge is 0.316 e. The van der Waals surface area contributed by atoms with Gasteiger partial charge in [-0.2, -0.15) is 0 Å². The van der Waals surface area contributed by atoms with E-state index in [0.717, 1.165) is 36.1 Å². The molecule has 0 radical (unpaired) electrons. The largest absolute Gasteiger partial charge is 0.426 e. The summed E-state index contributed by atoms with van der Waals surface area (Å²) in [6.07, 6.45) is 2.56. The lowest BCUT2D eigenvalue weighted by Gasteiger charge is -2.25. The highest BCUT2D eigenvalue weighted by atomic mass is 16.5. The summed E-state index contributed by atoms with van der Waals surface area (Å²) in [4.78, 5) is 54.7. The Morgan fingerprint density at radius 2 is 1.58 bits per heavy atom. The second-order valence-corrected chi connectivity index (χ2v) is 10.7. The number of carbonyl (C=O) groups excluding carboxylic acids is 4. The summed E-state index contributed by atoms with van der Waals surface area (Å²) in [5.74, 6) is -1.06. The molecule has 2 aliphatic heterocycles. The summed E-state index contributed by atoms with van der Waals surface area (Å²) >= 11 is 0. The van der Waals surface area contributed by atoms with Gasteiger partial charge in [-0.05, 0) is 81.3 Å². The summed E-state index contributed by atoms with van der Waals surface area (Å²) in [6, 6.07) is 10.9. The van der Waals surface area contributed by atoms with Gasteiger partial charge in [0.25, 0.3) is 0 Å². The standard InChI is InChI=1S/C29H32N2O5/c1-16-6-9-24(18(3)11-16)30-15-20(14-26(30)32)29(35)36-21-7-10-25(19(4)13-21)31-27(33)22-8-5-17(2)12-23(22)28(31)34/h6-7,9-11,13,17,20,22-23H,5,8,12,14-15H2,1-4H3/t17-,20+,22+,23+/m0/s1. The van der Waals surface area contributed by atoms with Crippen molar-refractivity contribution in [2.45, 2.75) is 53.4 Å². The van der Waals surface area contributed by atoms with Gasteiger partial charge in [0.15, 0.2) is 0 Å². The van der Waals surface area contributed by atoms with Crippen LogP contribution in [-0.2, 0) is 19.2 Å². The molecule has 7 heteroatoms. The fourth-order valence-electron chi connectivity index (χ4n) is 5.98. The third-order valence-corrected chi connectivity index (χ3v) is 7.92. The highest BCUT2D eigenvalue weighted by Gasteiger charge is 2.50. The van der Waals surface area contributed by atoms with E-state index < -0.39 is 11.9 Å². The van der Waals surface area contributed by atoms with Crippen LogP contribution in [0.3, 0.4) is 0 Å². The van der Waals surface area contributed by atoms with Crippen LogP contribution in [0.25, 0.3) is 0 Å². The highest BCUT2D eigenvalue weighted by Crippen LogP contribution is 2.43. The first kappa shape index (κ1) is 24.2. The van der Waals surface area contributed by atoms with Gasteiger partial charge in [0.2, 0.25) is 17.7 Å². The first-order valence-corrected chi connectivity index (χ1v) is 12.7. The van der Waals surface area contributed by atoms with Gasteiger partial charge in [-0.1, -0.05) is 24.6 Å². The number of amides is 3. The van der Waals surface area contributed by atoms with E-state index in [2.05, 4.69) is 6.92 Å². The molecular formula is C29H32N2O5. The van der Waals surface area contributed by atoms with E-state index in [9.17, 15) is 19.2 Å². The molecule has 3 aliphatic rings. The second-order valence-electron chi connectivity index (χ2n) is 10.7. The molecule has 4 atom stereocenters. The normalized spacial score (nSPS) is 25.9. The van der Waals surface area contributed by atoms with Crippen LogP contribution in [0.4, 0.5) is 11.4 Å². The Morgan fingerprint density at radius 1 is 0.889 bits per heavy atom. The molecular weight excluding hydrogens is 456 g/mol. The van der Waals surface area contributed by atoms with Crippen LogP contribution in [0.2, 0.25) is 0 Å². The molecule has 0 aromatic heterocycles. The maximum atomic E-state index is 13.1. The van der Waals surface area contributed by atoms with Crippen molar-refractivity contribution in [1.82, 2.24) is 0 Å². The molecule has 3 fully saturated rings. The van der Waals surface area contributed by atoms with E-state index in [1.54, 1.807) is 30.0 Å². The van der Waals surface area contributed by atoms with Crippen LogP contribution in [0.1, 0.15) is 49.3 Å². The molecule has 2 saturated heterocycles. The number of aryl methyl sites for hydroxylation is 3. The summed E-state index contributed by atoms with van der Waals surface area (Å²) in [5, 5.41) is 0. The van der Waals surface area contributed by atoms with Crippen molar-refractivity contribution in [2.24, 2.45) is 23.7 Å². The van der Waals surface area contributed by atoms with Crippen molar-refractivity contribution >= 4 is 35.1 Å². The first-order valence-electron chi connectivity index (χ1n) is 12.7. The average Bonchev–Trinajstić information content (AvgIpc) is 3.32. The summed E-state index contributed by atoms with van der Waals surface area (Å²) < 4.78 is 5.63. The summed E-state index contributed by atoms with van der Waals surface area (Å²) in [6.45, 7) is 8.16. The lowest BCUT2D eigenvalue weighted by atomic mass is 9.76. The molecule has 2 aromatic rings. The van der Waals surface area contributed by atoms with E-state index in [4.69, 9.17) is 4.74 Å². The molecule has 5 rings (SSSR count). The zero-order valence-electron chi connectivity index (χ0n) is 21.2. The molecule has 0 unspecified atom stereocenters. The topological polar surface area (TPSA) is 84.0 Å². The Hall–Kier alpha value is -3.48.